The summed E-state index contributed by atoms with van der Waals surface area (Å²) in [5, 5.41) is 27.0. The minimum atomic E-state index is -1.17. The molecule has 8 heterocycles. The van der Waals surface area contributed by atoms with E-state index in [9.17, 15) is 24.3 Å². The molecule has 1 unspecified atom stereocenters. The van der Waals surface area contributed by atoms with Crippen LogP contribution >= 0.6 is 11.3 Å². The number of nitrogens with one attached hydrogen (secondary N) is 3. The van der Waals surface area contributed by atoms with Gasteiger partial charge in [0.25, 0.3) is 5.91 Å². The van der Waals surface area contributed by atoms with Crippen molar-refractivity contribution in [3.05, 3.63) is 102 Å². The van der Waals surface area contributed by atoms with Crippen LogP contribution in [-0.2, 0) is 32.1 Å². The van der Waals surface area contributed by atoms with Crippen molar-refractivity contribution < 1.29 is 33.1 Å². The summed E-state index contributed by atoms with van der Waals surface area (Å²) in [6.45, 7) is 4.61. The summed E-state index contributed by atoms with van der Waals surface area (Å²) in [4.78, 5) is 65.9. The molecule has 2 atom stereocenters. The molecule has 19 heteroatoms. The summed E-state index contributed by atoms with van der Waals surface area (Å²) in [7, 11) is 0. The largest absolute Gasteiger partial charge is 0.389 e. The molecule has 11 rings (SSSR count). The van der Waals surface area contributed by atoms with E-state index in [-0.39, 0.29) is 36.0 Å². The normalized spacial score (nSPS) is 20.3. The number of rotatable bonds is 11. The molecule has 0 aliphatic carbocycles. The second-order valence-electron chi connectivity index (χ2n) is 19.1. The molecule has 5 aliphatic rings. The topological polar surface area (TPSA) is 183 Å². The quantitative estimate of drug-likeness (QED) is 0.114. The van der Waals surface area contributed by atoms with Gasteiger partial charge in [0.05, 0.1) is 40.6 Å². The Morgan fingerprint density at radius 1 is 0.897 bits per heavy atom. The maximum absolute atomic E-state index is 15.9. The van der Waals surface area contributed by atoms with Crippen molar-refractivity contribution in [2.24, 2.45) is 5.41 Å². The lowest BCUT2D eigenvalue weighted by Gasteiger charge is -2.55. The lowest BCUT2D eigenvalue weighted by molar-refractivity contribution is -0.140. The van der Waals surface area contributed by atoms with E-state index in [0.29, 0.717) is 84.1 Å². The first-order valence-corrected chi connectivity index (χ1v) is 24.2. The number of likely N-dealkylation sites (tertiary alicyclic amines) is 1. The molecule has 4 fully saturated rings. The smallest absolute Gasteiger partial charge is 0.257 e. The molecule has 4 N–H and O–H groups in total. The summed E-state index contributed by atoms with van der Waals surface area (Å²) < 4.78 is 34.7. The molecule has 0 saturated carbocycles. The van der Waals surface area contributed by atoms with E-state index in [4.69, 9.17) is 5.10 Å². The number of halogens is 2. The minimum Gasteiger partial charge on any atom is -0.389 e. The molecule has 0 radical (unpaired) electrons. The average Bonchev–Trinajstić information content (AvgIpc) is 4.15. The number of amides is 4. The lowest BCUT2D eigenvalue weighted by atomic mass is 9.71. The third-order valence-corrected chi connectivity index (χ3v) is 15.3. The zero-order chi connectivity index (χ0) is 46.7. The summed E-state index contributed by atoms with van der Waals surface area (Å²) in [5.41, 5.74) is 4.36. The summed E-state index contributed by atoms with van der Waals surface area (Å²) in [5.74, 6) is -2.04. The van der Waals surface area contributed by atoms with Gasteiger partial charge in [-0.1, -0.05) is 12.1 Å². The standard InChI is InChI=1S/C49H51F2N11O5S/c50-35-22-31(23-38-34(35)26-62(57-38)44(46(66)56-47-52-15-21-68-47)43-40-2-1-16-60(40)29-53-43)30-3-6-33(7-4-30)61-27-48(28-61)11-17-59(18-12-48)42(64)25-49(67)13-19-58(20-14-49)39-9-5-32(24-36(39)51)54-37-8-10-41(63)55-45(37)65/h3-7,9,15,21-24,26,29,37,44,54,67H,1-2,8,10-14,16-20,25,27-28H2,(H,52,56,66)(H,55,63,65)/t37-,44?/m0/s1. The van der Waals surface area contributed by atoms with Crippen LogP contribution in [0.15, 0.2) is 78.7 Å². The fraction of sp³-hybridized carbons (Fsp3) is 0.408. The van der Waals surface area contributed by atoms with Crippen LogP contribution in [0.25, 0.3) is 22.0 Å². The Kier molecular flexibility index (Phi) is 11.2. The van der Waals surface area contributed by atoms with Crippen molar-refractivity contribution in [3.63, 3.8) is 0 Å². The van der Waals surface area contributed by atoms with Crippen LogP contribution in [0.5, 0.6) is 0 Å². The maximum atomic E-state index is 15.9. The SMILES string of the molecule is O=C1CC[C@H](Nc2ccc(N3CCC(O)(CC(=O)N4CCC5(CC4)CN(c4ccc(-c6cc(F)c7cn(C(C(=O)Nc8nccs8)c8ncn9c8CCC9)nc7c6)cc4)C5)CC3)c(F)c2)C(=O)N1. The van der Waals surface area contributed by atoms with E-state index in [2.05, 4.69) is 47.5 Å². The van der Waals surface area contributed by atoms with E-state index < -0.39 is 35.2 Å². The van der Waals surface area contributed by atoms with Crippen LogP contribution < -0.4 is 25.8 Å². The number of thiazole rings is 1. The number of imidazole rings is 1. The number of nitrogens with zero attached hydrogens (tertiary/aromatic N) is 8. The van der Waals surface area contributed by atoms with Gasteiger partial charge in [-0.05, 0) is 98.5 Å². The Bertz CT molecular complexity index is 2910. The minimum absolute atomic E-state index is 0.0287. The predicted molar refractivity (Wildman–Crippen MR) is 252 cm³/mol. The summed E-state index contributed by atoms with van der Waals surface area (Å²) in [6.07, 6.45) is 9.70. The molecule has 4 saturated heterocycles. The van der Waals surface area contributed by atoms with E-state index in [1.807, 2.05) is 28.0 Å². The van der Waals surface area contributed by atoms with Crippen molar-refractivity contribution >= 4 is 68.1 Å². The van der Waals surface area contributed by atoms with Gasteiger partial charge in [0.1, 0.15) is 17.7 Å². The molecule has 352 valence electrons. The van der Waals surface area contributed by atoms with E-state index in [1.165, 1.54) is 28.2 Å². The molecule has 3 aromatic carbocycles. The molecule has 6 aromatic rings. The van der Waals surface area contributed by atoms with Gasteiger partial charge in [0.15, 0.2) is 11.2 Å². The first kappa shape index (κ1) is 43.8. The fourth-order valence-electron chi connectivity index (χ4n) is 10.7. The molecule has 3 aromatic heterocycles. The number of carbonyl (C=O) groups is 4. The van der Waals surface area contributed by atoms with Crippen molar-refractivity contribution in [3.8, 4) is 11.1 Å². The number of fused-ring (bicyclic) bond motifs is 2. The van der Waals surface area contributed by atoms with Crippen molar-refractivity contribution in [1.29, 1.82) is 0 Å². The predicted octanol–water partition coefficient (Wildman–Crippen LogP) is 5.88. The monoisotopic (exact) mass is 943 g/mol. The Hall–Kier alpha value is -6.73. The number of piperidine rings is 3. The first-order valence-electron chi connectivity index (χ1n) is 23.3. The van der Waals surface area contributed by atoms with Gasteiger partial charge in [-0.2, -0.15) is 5.10 Å². The van der Waals surface area contributed by atoms with Gasteiger partial charge in [-0.15, -0.1) is 11.3 Å². The molecule has 5 aliphatic heterocycles. The molecular weight excluding hydrogens is 893 g/mol. The van der Waals surface area contributed by atoms with Gasteiger partial charge in [0.2, 0.25) is 17.7 Å². The van der Waals surface area contributed by atoms with Crippen molar-refractivity contribution in [2.75, 3.05) is 59.7 Å². The molecular formula is C49H51F2N11O5S. The molecule has 4 amide bonds. The van der Waals surface area contributed by atoms with Gasteiger partial charge in [-0.25, -0.2) is 18.7 Å². The number of hydrogen-bond donors (Lipinski definition) is 4. The van der Waals surface area contributed by atoms with E-state index in [1.54, 1.807) is 36.2 Å². The van der Waals surface area contributed by atoms with Gasteiger partial charge < -0.3 is 29.7 Å². The van der Waals surface area contributed by atoms with Gasteiger partial charge in [-0.3, -0.25) is 34.5 Å². The Labute approximate surface area is 394 Å². The third kappa shape index (κ3) is 8.46. The number of aliphatic hydroxyl groups is 1. The molecule has 16 nitrogen and oxygen atoms in total. The molecule has 1 spiro atoms. The highest BCUT2D eigenvalue weighted by atomic mass is 32.1. The zero-order valence-corrected chi connectivity index (χ0v) is 38.1. The lowest BCUT2D eigenvalue weighted by Crippen LogP contribution is -2.61. The van der Waals surface area contributed by atoms with Crippen LogP contribution in [0.1, 0.15) is 68.8 Å². The molecule has 0 bridgehead atoms. The maximum Gasteiger partial charge on any atom is 0.257 e. The fourth-order valence-corrected chi connectivity index (χ4v) is 11.3. The van der Waals surface area contributed by atoms with Crippen LogP contribution in [0, 0.1) is 17.0 Å². The van der Waals surface area contributed by atoms with Crippen LogP contribution in [-0.4, -0.2) is 109 Å². The van der Waals surface area contributed by atoms with Gasteiger partial charge in [0, 0.05) is 92.5 Å². The summed E-state index contributed by atoms with van der Waals surface area (Å²) in [6, 6.07) is 14.6. The number of aromatic nitrogens is 5. The highest BCUT2D eigenvalue weighted by Crippen LogP contribution is 2.44. The van der Waals surface area contributed by atoms with Gasteiger partial charge >= 0.3 is 0 Å². The second kappa shape index (κ2) is 17.4. The number of hydrogen-bond acceptors (Lipinski definition) is 12. The van der Waals surface area contributed by atoms with Crippen molar-refractivity contribution in [2.45, 2.75) is 82.0 Å². The van der Waals surface area contributed by atoms with Crippen LogP contribution in [0.4, 0.5) is 31.0 Å². The zero-order valence-electron chi connectivity index (χ0n) is 37.3. The Morgan fingerprint density at radius 2 is 1.69 bits per heavy atom. The average molecular weight is 944 g/mol. The number of aryl methyl sites for hydroxylation is 1. The molecule has 68 heavy (non-hydrogen) atoms. The number of carbonyl (C=O) groups excluding carboxylic acids is 4. The van der Waals surface area contributed by atoms with Crippen LogP contribution in [0.3, 0.4) is 0 Å². The van der Waals surface area contributed by atoms with Crippen molar-refractivity contribution in [1.82, 2.24) is 34.5 Å². The number of imide groups is 1. The second-order valence-corrected chi connectivity index (χ2v) is 20.0. The van der Waals surface area contributed by atoms with Crippen LogP contribution in [0.2, 0.25) is 0 Å². The number of anilines is 4. The Morgan fingerprint density at radius 3 is 2.43 bits per heavy atom. The first-order chi connectivity index (χ1) is 32.9. The highest BCUT2D eigenvalue weighted by Gasteiger charge is 2.46. The third-order valence-electron chi connectivity index (χ3n) is 14.7. The highest BCUT2D eigenvalue weighted by molar-refractivity contribution is 7.13. The Balaban J connectivity index is 0.675. The van der Waals surface area contributed by atoms with E-state index in [0.717, 1.165) is 62.3 Å². The van der Waals surface area contributed by atoms with E-state index >= 15 is 8.78 Å². The summed E-state index contributed by atoms with van der Waals surface area (Å²) >= 11 is 1.31. The number of benzene rings is 3.